The summed E-state index contributed by atoms with van der Waals surface area (Å²) in [6.45, 7) is 4.04. The van der Waals surface area contributed by atoms with Crippen molar-refractivity contribution in [1.82, 2.24) is 30.3 Å². The summed E-state index contributed by atoms with van der Waals surface area (Å²) >= 11 is 0. The fraction of sp³-hybridized carbons (Fsp3) is 0.550. The van der Waals surface area contributed by atoms with Crippen LogP contribution in [0.2, 0.25) is 0 Å². The van der Waals surface area contributed by atoms with Crippen LogP contribution in [-0.4, -0.2) is 57.5 Å². The van der Waals surface area contributed by atoms with Gasteiger partial charge in [-0.25, -0.2) is 4.99 Å². The minimum atomic E-state index is -4.19. The Kier molecular flexibility index (Phi) is 9.10. The highest BCUT2D eigenvalue weighted by Gasteiger charge is 2.34. The van der Waals surface area contributed by atoms with Gasteiger partial charge in [0.25, 0.3) is 0 Å². The normalized spacial score (nSPS) is 18.5. The van der Waals surface area contributed by atoms with Gasteiger partial charge in [-0.3, -0.25) is 4.90 Å². The summed E-state index contributed by atoms with van der Waals surface area (Å²) in [7, 11) is 1.87. The number of hydrogen-bond acceptors (Lipinski definition) is 4. The fourth-order valence-corrected chi connectivity index (χ4v) is 3.44. The Balaban J connectivity index is 0.00000341. The predicted molar refractivity (Wildman–Crippen MR) is 124 cm³/mol. The zero-order valence-corrected chi connectivity index (χ0v) is 20.2. The van der Waals surface area contributed by atoms with Crippen LogP contribution in [0, 0.1) is 6.92 Å². The lowest BCUT2D eigenvalue weighted by Gasteiger charge is -2.22. The molecule has 2 aromatic rings. The van der Waals surface area contributed by atoms with Crippen molar-refractivity contribution in [2.45, 2.75) is 45.1 Å². The van der Waals surface area contributed by atoms with Gasteiger partial charge in [-0.05, 0) is 25.8 Å². The van der Waals surface area contributed by atoms with Crippen molar-refractivity contribution in [3.8, 4) is 0 Å². The third kappa shape index (κ3) is 7.63. The number of nitrogens with one attached hydrogen (secondary N) is 2. The van der Waals surface area contributed by atoms with Crippen LogP contribution in [0.25, 0.3) is 0 Å². The van der Waals surface area contributed by atoms with E-state index in [1.165, 1.54) is 4.90 Å². The number of nitrogens with zero attached hydrogens (tertiary/aromatic N) is 5. The molecule has 0 saturated carbocycles. The monoisotopic (exact) mass is 551 g/mol. The number of benzene rings is 1. The Bertz CT molecular complexity index is 854. The molecule has 2 atom stereocenters. The third-order valence-corrected chi connectivity index (χ3v) is 5.23. The summed E-state index contributed by atoms with van der Waals surface area (Å²) in [6, 6.07) is 9.78. The van der Waals surface area contributed by atoms with Crippen LogP contribution in [0.4, 0.5) is 13.2 Å². The van der Waals surface area contributed by atoms with Gasteiger partial charge in [0.15, 0.2) is 11.8 Å². The first kappa shape index (κ1) is 25.4. The van der Waals surface area contributed by atoms with Gasteiger partial charge in [0.2, 0.25) is 0 Å². The van der Waals surface area contributed by atoms with E-state index in [1.807, 2.05) is 55.8 Å². The molecule has 0 spiro atoms. The Morgan fingerprint density at radius 1 is 1.26 bits per heavy atom. The molecule has 1 saturated heterocycles. The Morgan fingerprint density at radius 2 is 1.97 bits per heavy atom. The highest BCUT2D eigenvalue weighted by molar-refractivity contribution is 14.0. The topological polar surface area (TPSA) is 70.4 Å². The molecule has 0 radical (unpaired) electrons. The van der Waals surface area contributed by atoms with Crippen LogP contribution >= 0.6 is 24.0 Å². The van der Waals surface area contributed by atoms with E-state index in [4.69, 9.17) is 0 Å². The van der Waals surface area contributed by atoms with E-state index in [1.54, 1.807) is 0 Å². The SMILES string of the molecule is Cc1nnc(CN=C(NC2CCN(CC(F)(F)F)C2)NC(C)c2ccccc2)n1C.I. The van der Waals surface area contributed by atoms with Gasteiger partial charge in [0.1, 0.15) is 12.4 Å². The van der Waals surface area contributed by atoms with E-state index in [0.29, 0.717) is 37.8 Å². The zero-order chi connectivity index (χ0) is 21.7. The Hall–Kier alpha value is -1.89. The predicted octanol–water partition coefficient (Wildman–Crippen LogP) is 3.17. The molecule has 11 heteroatoms. The molecule has 1 aliphatic rings. The maximum Gasteiger partial charge on any atom is 0.401 e. The number of aryl methyl sites for hydroxylation is 1. The second-order valence-corrected chi connectivity index (χ2v) is 7.64. The van der Waals surface area contributed by atoms with Crippen LogP contribution < -0.4 is 10.6 Å². The first-order chi connectivity index (χ1) is 14.2. The summed E-state index contributed by atoms with van der Waals surface area (Å²) < 4.78 is 39.9. The maximum atomic E-state index is 12.7. The van der Waals surface area contributed by atoms with Crippen LogP contribution in [0.3, 0.4) is 0 Å². The Morgan fingerprint density at radius 3 is 2.58 bits per heavy atom. The molecule has 1 fully saturated rings. The number of aliphatic imine (C=N–C) groups is 1. The van der Waals surface area contributed by atoms with Crippen molar-refractivity contribution in [3.05, 3.63) is 47.5 Å². The van der Waals surface area contributed by atoms with Crippen LogP contribution in [0.5, 0.6) is 0 Å². The van der Waals surface area contributed by atoms with Crippen LogP contribution in [0.1, 0.15) is 36.6 Å². The van der Waals surface area contributed by atoms with Crippen molar-refractivity contribution < 1.29 is 13.2 Å². The summed E-state index contributed by atoms with van der Waals surface area (Å²) in [5, 5.41) is 14.8. The molecule has 7 nitrogen and oxygen atoms in total. The fourth-order valence-electron chi connectivity index (χ4n) is 3.44. The quantitative estimate of drug-likeness (QED) is 0.328. The minimum absolute atomic E-state index is 0. The van der Waals surface area contributed by atoms with E-state index in [2.05, 4.69) is 25.8 Å². The number of likely N-dealkylation sites (tertiary alicyclic amines) is 1. The molecule has 1 aromatic carbocycles. The lowest BCUT2D eigenvalue weighted by atomic mass is 10.1. The molecule has 1 aliphatic heterocycles. The van der Waals surface area contributed by atoms with Gasteiger partial charge in [-0.15, -0.1) is 34.2 Å². The largest absolute Gasteiger partial charge is 0.401 e. The van der Waals surface area contributed by atoms with E-state index in [-0.39, 0.29) is 36.1 Å². The van der Waals surface area contributed by atoms with Crippen LogP contribution in [0.15, 0.2) is 35.3 Å². The molecule has 2 heterocycles. The Labute approximate surface area is 197 Å². The highest BCUT2D eigenvalue weighted by Crippen LogP contribution is 2.20. The average molecular weight is 551 g/mol. The molecule has 0 bridgehead atoms. The van der Waals surface area contributed by atoms with Crippen molar-refractivity contribution in [2.24, 2.45) is 12.0 Å². The number of rotatable bonds is 6. The summed E-state index contributed by atoms with van der Waals surface area (Å²) in [4.78, 5) is 6.05. The third-order valence-electron chi connectivity index (χ3n) is 5.23. The number of guanidine groups is 1. The number of halogens is 4. The zero-order valence-electron chi connectivity index (χ0n) is 17.9. The van der Waals surface area contributed by atoms with Gasteiger partial charge in [-0.2, -0.15) is 13.2 Å². The van der Waals surface area contributed by atoms with E-state index >= 15 is 0 Å². The van der Waals surface area contributed by atoms with Crippen molar-refractivity contribution in [3.63, 3.8) is 0 Å². The molecule has 2 unspecified atom stereocenters. The molecule has 2 N–H and O–H groups in total. The van der Waals surface area contributed by atoms with Crippen molar-refractivity contribution in [2.75, 3.05) is 19.6 Å². The maximum absolute atomic E-state index is 12.7. The highest BCUT2D eigenvalue weighted by atomic mass is 127. The van der Waals surface area contributed by atoms with Gasteiger partial charge in [0.05, 0.1) is 12.6 Å². The first-order valence-electron chi connectivity index (χ1n) is 9.97. The molecular weight excluding hydrogens is 522 g/mol. The molecule has 3 rings (SSSR count). The van der Waals surface area contributed by atoms with Crippen molar-refractivity contribution in [1.29, 1.82) is 0 Å². The lowest BCUT2D eigenvalue weighted by Crippen LogP contribution is -2.46. The van der Waals surface area contributed by atoms with Crippen LogP contribution in [-0.2, 0) is 13.6 Å². The van der Waals surface area contributed by atoms with Gasteiger partial charge >= 0.3 is 6.18 Å². The summed E-state index contributed by atoms with van der Waals surface area (Å²) in [6.07, 6.45) is -3.56. The van der Waals surface area contributed by atoms with E-state index in [9.17, 15) is 13.2 Å². The minimum Gasteiger partial charge on any atom is -0.352 e. The van der Waals surface area contributed by atoms with E-state index < -0.39 is 12.7 Å². The molecule has 31 heavy (non-hydrogen) atoms. The second-order valence-electron chi connectivity index (χ2n) is 7.64. The average Bonchev–Trinajstić information content (AvgIpc) is 3.25. The van der Waals surface area contributed by atoms with E-state index in [0.717, 1.165) is 11.4 Å². The molecule has 1 aromatic heterocycles. The number of hydrogen-bond donors (Lipinski definition) is 2. The smallest absolute Gasteiger partial charge is 0.352 e. The molecule has 172 valence electrons. The lowest BCUT2D eigenvalue weighted by molar-refractivity contribution is -0.143. The summed E-state index contributed by atoms with van der Waals surface area (Å²) in [5.41, 5.74) is 1.09. The number of alkyl halides is 3. The van der Waals surface area contributed by atoms with Gasteiger partial charge in [-0.1, -0.05) is 30.3 Å². The molecular formula is C20H29F3IN7. The molecule has 0 aliphatic carbocycles. The van der Waals surface area contributed by atoms with Gasteiger partial charge in [0, 0.05) is 26.2 Å². The molecule has 0 amide bonds. The standard InChI is InChI=1S/C20H28F3N7.HI/c1-14(16-7-5-4-6-8-16)25-19(24-11-18-28-27-15(2)29(18)3)26-17-9-10-30(12-17)13-20(21,22)23;/h4-8,14,17H,9-13H2,1-3H3,(H2,24,25,26);1H. The second kappa shape index (κ2) is 11.1. The first-order valence-corrected chi connectivity index (χ1v) is 9.97. The summed E-state index contributed by atoms with van der Waals surface area (Å²) in [5.74, 6) is 2.05. The number of aromatic nitrogens is 3. The van der Waals surface area contributed by atoms with Gasteiger partial charge < -0.3 is 15.2 Å². The van der Waals surface area contributed by atoms with Crippen molar-refractivity contribution >= 4 is 29.9 Å².